The molecule has 1 aromatic carbocycles. The van der Waals surface area contributed by atoms with E-state index in [0.29, 0.717) is 18.3 Å². The average molecular weight is 564 g/mol. The first-order valence-corrected chi connectivity index (χ1v) is 13.6. The number of carbonyl (C=O) groups is 2. The lowest BCUT2D eigenvalue weighted by atomic mass is 10.1. The summed E-state index contributed by atoms with van der Waals surface area (Å²) in [6.45, 7) is 12.4. The Morgan fingerprint density at radius 1 is 0.951 bits per heavy atom. The lowest BCUT2D eigenvalue weighted by molar-refractivity contribution is -0.155. The Morgan fingerprint density at radius 3 is 2.44 bits per heavy atom. The minimum Gasteiger partial charge on any atom is -0.459 e. The third-order valence-electron chi connectivity index (χ3n) is 5.46. The van der Waals surface area contributed by atoms with E-state index in [0.717, 1.165) is 41.9 Å². The van der Waals surface area contributed by atoms with E-state index >= 15 is 0 Å². The number of hydrogen-bond donors (Lipinski definition) is 2. The van der Waals surface area contributed by atoms with Crippen LogP contribution in [-0.2, 0) is 27.2 Å². The van der Waals surface area contributed by atoms with E-state index in [1.165, 1.54) is 6.33 Å². The molecule has 3 aromatic rings. The molecule has 2 N–H and O–H groups in total. The summed E-state index contributed by atoms with van der Waals surface area (Å²) in [7, 11) is 1.90. The van der Waals surface area contributed by atoms with Crippen LogP contribution in [0.1, 0.15) is 59.2 Å². The van der Waals surface area contributed by atoms with Crippen LogP contribution in [-0.4, -0.2) is 68.2 Å². The standard InChI is InChI=1S/C30H41N7O4/c1-29(2,3)40-25(38)19-37(7)15-9-12-23-17-22(13-14-31-23)26-33-20-34-27(36-26)35-24-11-8-10-21(16-24)18-32-28(39)41-30(4,5)6/h8,10-11,13-14,16-17,20H,9,12,15,18-19H2,1-7H3,(H,32,39)(H,33,34,35,36). The van der Waals surface area contributed by atoms with Crippen LogP contribution in [0.4, 0.5) is 16.4 Å². The van der Waals surface area contributed by atoms with Crippen LogP contribution in [0.5, 0.6) is 0 Å². The number of nitrogens with zero attached hydrogens (tertiary/aromatic N) is 5. The van der Waals surface area contributed by atoms with Crippen molar-refractivity contribution >= 4 is 23.7 Å². The number of aromatic nitrogens is 4. The van der Waals surface area contributed by atoms with Crippen molar-refractivity contribution in [3.63, 3.8) is 0 Å². The summed E-state index contributed by atoms with van der Waals surface area (Å²) in [6.07, 6.45) is 4.31. The number of aryl methyl sites for hydroxylation is 1. The van der Waals surface area contributed by atoms with Gasteiger partial charge in [-0.3, -0.25) is 14.7 Å². The van der Waals surface area contributed by atoms with Crippen molar-refractivity contribution in [1.29, 1.82) is 0 Å². The molecule has 0 unspecified atom stereocenters. The van der Waals surface area contributed by atoms with Gasteiger partial charge < -0.3 is 20.1 Å². The highest BCUT2D eigenvalue weighted by atomic mass is 16.6. The van der Waals surface area contributed by atoms with Crippen LogP contribution in [0.15, 0.2) is 48.9 Å². The fraction of sp³-hybridized carbons (Fsp3) is 0.467. The topological polar surface area (TPSA) is 131 Å². The van der Waals surface area contributed by atoms with Gasteiger partial charge in [-0.25, -0.2) is 14.8 Å². The van der Waals surface area contributed by atoms with Gasteiger partial charge in [0.2, 0.25) is 5.95 Å². The Balaban J connectivity index is 1.56. The molecule has 0 aliphatic carbocycles. The first kappa shape index (κ1) is 31.4. The number of likely N-dealkylation sites (N-methyl/N-ethyl adjacent to an activating group) is 1. The third kappa shape index (κ3) is 11.9. The molecule has 0 radical (unpaired) electrons. The molecule has 0 atom stereocenters. The van der Waals surface area contributed by atoms with E-state index in [9.17, 15) is 9.59 Å². The summed E-state index contributed by atoms with van der Waals surface area (Å²) >= 11 is 0. The van der Waals surface area contributed by atoms with Crippen LogP contribution >= 0.6 is 0 Å². The fourth-order valence-corrected chi connectivity index (χ4v) is 3.83. The molecule has 2 aromatic heterocycles. The second-order valence-corrected chi connectivity index (χ2v) is 11.8. The van der Waals surface area contributed by atoms with Gasteiger partial charge in [0.1, 0.15) is 17.5 Å². The third-order valence-corrected chi connectivity index (χ3v) is 5.46. The second kappa shape index (κ2) is 14.0. The van der Waals surface area contributed by atoms with E-state index in [1.807, 2.05) is 89.9 Å². The van der Waals surface area contributed by atoms with E-state index in [-0.39, 0.29) is 12.5 Å². The van der Waals surface area contributed by atoms with Crippen molar-refractivity contribution in [3.8, 4) is 11.4 Å². The van der Waals surface area contributed by atoms with E-state index in [4.69, 9.17) is 9.47 Å². The van der Waals surface area contributed by atoms with Gasteiger partial charge in [0.05, 0.1) is 6.54 Å². The zero-order valence-electron chi connectivity index (χ0n) is 25.0. The SMILES string of the molecule is CN(CCCc1cc(-c2ncnc(Nc3cccc(CNC(=O)OC(C)(C)C)c3)n2)ccn1)CC(=O)OC(C)(C)C. The van der Waals surface area contributed by atoms with Crippen LogP contribution in [0.25, 0.3) is 11.4 Å². The Morgan fingerprint density at radius 2 is 1.71 bits per heavy atom. The quantitative estimate of drug-likeness (QED) is 0.310. The fourth-order valence-electron chi connectivity index (χ4n) is 3.83. The summed E-state index contributed by atoms with van der Waals surface area (Å²) in [5, 5.41) is 5.97. The molecule has 0 aliphatic heterocycles. The number of esters is 1. The molecular weight excluding hydrogens is 522 g/mol. The minimum atomic E-state index is -0.556. The maximum atomic E-state index is 12.0. The van der Waals surface area contributed by atoms with Crippen LogP contribution < -0.4 is 10.6 Å². The first-order chi connectivity index (χ1) is 19.3. The molecule has 2 heterocycles. The minimum absolute atomic E-state index is 0.233. The second-order valence-electron chi connectivity index (χ2n) is 11.8. The van der Waals surface area contributed by atoms with Crippen LogP contribution in [0.2, 0.25) is 0 Å². The predicted molar refractivity (Wildman–Crippen MR) is 158 cm³/mol. The van der Waals surface area contributed by atoms with Crippen molar-refractivity contribution < 1.29 is 19.1 Å². The number of alkyl carbamates (subject to hydrolysis) is 1. The molecule has 0 spiro atoms. The lowest BCUT2D eigenvalue weighted by Gasteiger charge is -2.22. The maximum absolute atomic E-state index is 12.0. The number of hydrogen-bond acceptors (Lipinski definition) is 10. The predicted octanol–water partition coefficient (Wildman–Crippen LogP) is 4.91. The van der Waals surface area contributed by atoms with Crippen molar-refractivity contribution in [2.45, 2.75) is 72.1 Å². The van der Waals surface area contributed by atoms with Crippen molar-refractivity contribution in [2.24, 2.45) is 0 Å². The number of benzene rings is 1. The maximum Gasteiger partial charge on any atom is 0.407 e. The Kier molecular flexibility index (Phi) is 10.7. The highest BCUT2D eigenvalue weighted by Gasteiger charge is 2.18. The molecular formula is C30H41N7O4. The molecule has 220 valence electrons. The van der Waals surface area contributed by atoms with Gasteiger partial charge in [-0.05, 0) is 97.8 Å². The normalized spacial score (nSPS) is 11.7. The molecule has 41 heavy (non-hydrogen) atoms. The number of anilines is 2. The van der Waals surface area contributed by atoms with Gasteiger partial charge in [0, 0.05) is 29.7 Å². The van der Waals surface area contributed by atoms with E-state index in [2.05, 4.69) is 30.6 Å². The number of pyridine rings is 1. The summed E-state index contributed by atoms with van der Waals surface area (Å²) in [5.74, 6) is 0.689. The summed E-state index contributed by atoms with van der Waals surface area (Å²) in [6, 6.07) is 11.4. The summed E-state index contributed by atoms with van der Waals surface area (Å²) in [4.78, 5) is 43.6. The molecule has 1 amide bonds. The van der Waals surface area contributed by atoms with Gasteiger partial charge in [0.15, 0.2) is 5.82 Å². The van der Waals surface area contributed by atoms with Crippen molar-refractivity contribution in [3.05, 3.63) is 60.2 Å². The van der Waals surface area contributed by atoms with Gasteiger partial charge in [-0.15, -0.1) is 0 Å². The molecule has 0 aliphatic rings. The monoisotopic (exact) mass is 563 g/mol. The molecule has 0 fully saturated rings. The number of carbonyl (C=O) groups excluding carboxylic acids is 2. The largest absolute Gasteiger partial charge is 0.459 e. The molecule has 0 bridgehead atoms. The van der Waals surface area contributed by atoms with Gasteiger partial charge >= 0.3 is 12.1 Å². The van der Waals surface area contributed by atoms with Crippen LogP contribution in [0.3, 0.4) is 0 Å². The highest BCUT2D eigenvalue weighted by molar-refractivity contribution is 5.72. The smallest absolute Gasteiger partial charge is 0.407 e. The molecule has 11 nitrogen and oxygen atoms in total. The van der Waals surface area contributed by atoms with Gasteiger partial charge in [-0.2, -0.15) is 4.98 Å². The van der Waals surface area contributed by atoms with E-state index < -0.39 is 17.3 Å². The summed E-state index contributed by atoms with van der Waals surface area (Å²) < 4.78 is 10.7. The molecule has 11 heteroatoms. The number of ether oxygens (including phenoxy) is 2. The number of rotatable bonds is 11. The Hall–Kier alpha value is -4.12. The molecule has 0 saturated carbocycles. The number of nitrogens with one attached hydrogen (secondary N) is 2. The van der Waals surface area contributed by atoms with Crippen molar-refractivity contribution in [1.82, 2.24) is 30.2 Å². The Bertz CT molecular complexity index is 1320. The highest BCUT2D eigenvalue weighted by Crippen LogP contribution is 2.19. The molecule has 3 rings (SSSR count). The Labute approximate surface area is 242 Å². The number of amides is 1. The summed E-state index contributed by atoms with van der Waals surface area (Å²) in [5.41, 5.74) is 2.37. The van der Waals surface area contributed by atoms with E-state index in [1.54, 1.807) is 6.20 Å². The zero-order chi connectivity index (χ0) is 30.0. The van der Waals surface area contributed by atoms with Gasteiger partial charge in [-0.1, -0.05) is 12.1 Å². The van der Waals surface area contributed by atoms with Gasteiger partial charge in [0.25, 0.3) is 0 Å². The molecule has 0 saturated heterocycles. The van der Waals surface area contributed by atoms with Crippen LogP contribution in [0, 0.1) is 0 Å². The first-order valence-electron chi connectivity index (χ1n) is 13.6. The average Bonchev–Trinajstić information content (AvgIpc) is 2.86. The zero-order valence-corrected chi connectivity index (χ0v) is 25.0. The van der Waals surface area contributed by atoms with Crippen molar-refractivity contribution in [2.75, 3.05) is 25.5 Å². The lowest BCUT2D eigenvalue weighted by Crippen LogP contribution is -2.33.